The first kappa shape index (κ1) is 15.3. The van der Waals surface area contributed by atoms with Crippen LogP contribution < -0.4 is 5.32 Å². The molecule has 3 unspecified atom stereocenters. The first-order chi connectivity index (χ1) is 9.20. The van der Waals surface area contributed by atoms with E-state index in [1.165, 1.54) is 45.1 Å². The fourth-order valence-corrected chi connectivity index (χ4v) is 4.20. The van der Waals surface area contributed by atoms with Crippen LogP contribution in [-0.4, -0.2) is 26.8 Å². The monoisotopic (exact) mass is 267 g/mol. The van der Waals surface area contributed by atoms with Gasteiger partial charge in [-0.25, -0.2) is 0 Å². The van der Waals surface area contributed by atoms with Crippen LogP contribution in [0.15, 0.2) is 0 Å². The predicted molar refractivity (Wildman–Crippen MR) is 81.2 cm³/mol. The molecule has 0 bridgehead atoms. The molecule has 1 aliphatic carbocycles. The van der Waals surface area contributed by atoms with Gasteiger partial charge in [-0.05, 0) is 81.7 Å². The molecule has 0 amide bonds. The van der Waals surface area contributed by atoms with Gasteiger partial charge < -0.3 is 10.1 Å². The largest absolute Gasteiger partial charge is 0.381 e. The van der Waals surface area contributed by atoms with E-state index in [1.807, 2.05) is 0 Å². The maximum atomic E-state index is 5.51. The average Bonchev–Trinajstić information content (AvgIpc) is 2.42. The molecule has 1 N–H and O–H groups in total. The van der Waals surface area contributed by atoms with Crippen LogP contribution in [0.3, 0.4) is 0 Å². The van der Waals surface area contributed by atoms with Crippen LogP contribution in [0.25, 0.3) is 0 Å². The average molecular weight is 267 g/mol. The second-order valence-corrected chi connectivity index (χ2v) is 7.19. The molecule has 2 rings (SSSR count). The Balaban J connectivity index is 1.90. The lowest BCUT2D eigenvalue weighted by atomic mass is 9.67. The van der Waals surface area contributed by atoms with Crippen LogP contribution in [0.5, 0.6) is 0 Å². The Morgan fingerprint density at radius 3 is 2.42 bits per heavy atom. The van der Waals surface area contributed by atoms with Crippen molar-refractivity contribution in [1.29, 1.82) is 0 Å². The molecule has 0 aromatic heterocycles. The zero-order valence-corrected chi connectivity index (χ0v) is 13.2. The summed E-state index contributed by atoms with van der Waals surface area (Å²) in [5, 5.41) is 3.42. The highest BCUT2D eigenvalue weighted by molar-refractivity contribution is 4.84. The third kappa shape index (κ3) is 4.46. The number of ether oxygens (including phenoxy) is 1. The number of nitrogens with one attached hydrogen (secondary N) is 1. The van der Waals surface area contributed by atoms with Gasteiger partial charge in [-0.1, -0.05) is 13.8 Å². The third-order valence-electron chi connectivity index (χ3n) is 5.57. The zero-order valence-electron chi connectivity index (χ0n) is 13.2. The van der Waals surface area contributed by atoms with Crippen molar-refractivity contribution in [3.05, 3.63) is 0 Å². The fraction of sp³-hybridized carbons (Fsp3) is 1.00. The summed E-state index contributed by atoms with van der Waals surface area (Å²) in [5.41, 5.74) is 0. The molecule has 112 valence electrons. The predicted octanol–water partition coefficient (Wildman–Crippen LogP) is 3.71. The lowest BCUT2D eigenvalue weighted by molar-refractivity contribution is 0.0437. The fourth-order valence-electron chi connectivity index (χ4n) is 4.20. The minimum absolute atomic E-state index is 0.868. The smallest absolute Gasteiger partial charge is 0.0468 e. The van der Waals surface area contributed by atoms with Crippen molar-refractivity contribution in [3.63, 3.8) is 0 Å². The molecular weight excluding hydrogens is 234 g/mol. The second kappa shape index (κ2) is 7.64. The van der Waals surface area contributed by atoms with Crippen LogP contribution >= 0.6 is 0 Å². The van der Waals surface area contributed by atoms with Gasteiger partial charge in [0.15, 0.2) is 0 Å². The van der Waals surface area contributed by atoms with Gasteiger partial charge >= 0.3 is 0 Å². The van der Waals surface area contributed by atoms with Crippen molar-refractivity contribution in [3.8, 4) is 0 Å². The summed E-state index contributed by atoms with van der Waals surface area (Å²) in [7, 11) is 2.11. The lowest BCUT2D eigenvalue weighted by Gasteiger charge is -2.40. The SMILES string of the molecule is CNCC1CCC(C(C)C)CC1CC1CCOCC1. The highest BCUT2D eigenvalue weighted by atomic mass is 16.5. The van der Waals surface area contributed by atoms with Crippen molar-refractivity contribution in [2.45, 2.75) is 52.4 Å². The molecule has 19 heavy (non-hydrogen) atoms. The summed E-state index contributed by atoms with van der Waals surface area (Å²) in [6.07, 6.45) is 8.43. The Bertz CT molecular complexity index is 248. The Labute approximate surface area is 119 Å². The van der Waals surface area contributed by atoms with Crippen molar-refractivity contribution < 1.29 is 4.74 Å². The summed E-state index contributed by atoms with van der Waals surface area (Å²) in [4.78, 5) is 0. The van der Waals surface area contributed by atoms with E-state index in [0.717, 1.165) is 42.8 Å². The molecule has 2 fully saturated rings. The van der Waals surface area contributed by atoms with Gasteiger partial charge in [0.05, 0.1) is 0 Å². The Morgan fingerprint density at radius 2 is 1.79 bits per heavy atom. The molecule has 0 aromatic rings. The van der Waals surface area contributed by atoms with Gasteiger partial charge in [0.1, 0.15) is 0 Å². The van der Waals surface area contributed by atoms with Gasteiger partial charge in [0.25, 0.3) is 0 Å². The summed E-state index contributed by atoms with van der Waals surface area (Å²) >= 11 is 0. The quantitative estimate of drug-likeness (QED) is 0.820. The van der Waals surface area contributed by atoms with E-state index >= 15 is 0 Å². The standard InChI is InChI=1S/C17H33NO/c1-13(2)15-4-5-16(12-18-3)17(11-15)10-14-6-8-19-9-7-14/h13-18H,4-12H2,1-3H3. The zero-order chi connectivity index (χ0) is 13.7. The van der Waals surface area contributed by atoms with E-state index in [1.54, 1.807) is 0 Å². The molecular formula is C17H33NO. The molecule has 1 saturated carbocycles. The molecule has 2 nitrogen and oxygen atoms in total. The van der Waals surface area contributed by atoms with Crippen molar-refractivity contribution in [2.75, 3.05) is 26.8 Å². The summed E-state index contributed by atoms with van der Waals surface area (Å²) in [6.45, 7) is 8.05. The van der Waals surface area contributed by atoms with Gasteiger partial charge in [-0.15, -0.1) is 0 Å². The van der Waals surface area contributed by atoms with E-state index < -0.39 is 0 Å². The first-order valence-electron chi connectivity index (χ1n) is 8.43. The van der Waals surface area contributed by atoms with E-state index in [0.29, 0.717) is 0 Å². The highest BCUT2D eigenvalue weighted by Crippen LogP contribution is 2.41. The van der Waals surface area contributed by atoms with Crippen molar-refractivity contribution in [1.82, 2.24) is 5.32 Å². The molecule has 3 atom stereocenters. The lowest BCUT2D eigenvalue weighted by Crippen LogP contribution is -2.35. The first-order valence-corrected chi connectivity index (χ1v) is 8.43. The van der Waals surface area contributed by atoms with Gasteiger partial charge in [-0.2, -0.15) is 0 Å². The minimum atomic E-state index is 0.868. The maximum absolute atomic E-state index is 5.51. The Kier molecular flexibility index (Phi) is 6.15. The highest BCUT2D eigenvalue weighted by Gasteiger charge is 2.33. The minimum Gasteiger partial charge on any atom is -0.381 e. The molecule has 1 saturated heterocycles. The normalized spacial score (nSPS) is 33.8. The summed E-state index contributed by atoms with van der Waals surface area (Å²) < 4.78 is 5.51. The topological polar surface area (TPSA) is 21.3 Å². The number of rotatable bonds is 5. The maximum Gasteiger partial charge on any atom is 0.0468 e. The molecule has 0 radical (unpaired) electrons. The van der Waals surface area contributed by atoms with E-state index in [9.17, 15) is 0 Å². The Hall–Kier alpha value is -0.0800. The molecule has 0 aromatic carbocycles. The van der Waals surface area contributed by atoms with Crippen LogP contribution in [0.1, 0.15) is 52.4 Å². The molecule has 1 aliphatic heterocycles. The molecule has 1 heterocycles. The summed E-state index contributed by atoms with van der Waals surface area (Å²) in [6, 6.07) is 0. The molecule has 2 heteroatoms. The molecule has 0 spiro atoms. The van der Waals surface area contributed by atoms with E-state index in [-0.39, 0.29) is 0 Å². The van der Waals surface area contributed by atoms with Crippen LogP contribution in [0.2, 0.25) is 0 Å². The third-order valence-corrected chi connectivity index (χ3v) is 5.57. The van der Waals surface area contributed by atoms with Gasteiger partial charge in [0, 0.05) is 13.2 Å². The summed E-state index contributed by atoms with van der Waals surface area (Å²) in [5.74, 6) is 4.65. The van der Waals surface area contributed by atoms with E-state index in [4.69, 9.17) is 4.74 Å². The van der Waals surface area contributed by atoms with Crippen molar-refractivity contribution >= 4 is 0 Å². The second-order valence-electron chi connectivity index (χ2n) is 7.19. The van der Waals surface area contributed by atoms with Gasteiger partial charge in [-0.3, -0.25) is 0 Å². The van der Waals surface area contributed by atoms with Gasteiger partial charge in [0.2, 0.25) is 0 Å². The van der Waals surface area contributed by atoms with Crippen LogP contribution in [0.4, 0.5) is 0 Å². The number of hydrogen-bond acceptors (Lipinski definition) is 2. The van der Waals surface area contributed by atoms with Crippen LogP contribution in [-0.2, 0) is 4.74 Å². The Morgan fingerprint density at radius 1 is 1.05 bits per heavy atom. The molecule has 2 aliphatic rings. The van der Waals surface area contributed by atoms with Crippen LogP contribution in [0, 0.1) is 29.6 Å². The van der Waals surface area contributed by atoms with Crippen molar-refractivity contribution in [2.24, 2.45) is 29.6 Å². The van der Waals surface area contributed by atoms with E-state index in [2.05, 4.69) is 26.2 Å². The number of hydrogen-bond donors (Lipinski definition) is 1.